The molecule has 0 bridgehead atoms. The summed E-state index contributed by atoms with van der Waals surface area (Å²) in [6.45, 7) is 2.13. The Morgan fingerprint density at radius 3 is 3.00 bits per heavy atom. The number of hydrogen-bond donors (Lipinski definition) is 2. The summed E-state index contributed by atoms with van der Waals surface area (Å²) in [5.74, 6) is -0.322. The van der Waals surface area contributed by atoms with Crippen LogP contribution in [0.1, 0.15) is 25.3 Å². The normalized spacial score (nSPS) is 19.4. The zero-order chi connectivity index (χ0) is 16.7. The third-order valence-corrected chi connectivity index (χ3v) is 5.23. The van der Waals surface area contributed by atoms with Gasteiger partial charge in [-0.25, -0.2) is 0 Å². The summed E-state index contributed by atoms with van der Waals surface area (Å²) in [7, 11) is 0. The van der Waals surface area contributed by atoms with Gasteiger partial charge in [-0.3, -0.25) is 9.59 Å². The molecule has 1 amide bonds. The van der Waals surface area contributed by atoms with E-state index in [1.807, 2.05) is 24.3 Å². The predicted molar refractivity (Wildman–Crippen MR) is 94.3 cm³/mol. The molecule has 1 atom stereocenters. The number of carboxylic acids is 1. The average Bonchev–Trinajstić information content (AvgIpc) is 2.85. The fraction of sp³-hybridized carbons (Fsp3) is 0.333. The van der Waals surface area contributed by atoms with Gasteiger partial charge >= 0.3 is 5.97 Å². The van der Waals surface area contributed by atoms with Gasteiger partial charge in [0.1, 0.15) is 5.25 Å². The lowest BCUT2D eigenvalue weighted by molar-refractivity contribution is -0.138. The summed E-state index contributed by atoms with van der Waals surface area (Å²) in [5.41, 5.74) is 0.965. The van der Waals surface area contributed by atoms with Gasteiger partial charge in [-0.05, 0) is 18.2 Å². The highest BCUT2D eigenvalue weighted by Gasteiger charge is 2.32. The number of benzene rings is 1. The van der Waals surface area contributed by atoms with Crippen LogP contribution in [-0.4, -0.2) is 39.4 Å². The highest BCUT2D eigenvalue weighted by atomic mass is 32.2. The second kappa shape index (κ2) is 8.73. The Bertz CT molecular complexity index is 647. The maximum Gasteiger partial charge on any atom is 0.305 e. The lowest BCUT2D eigenvalue weighted by Crippen LogP contribution is -2.26. The van der Waals surface area contributed by atoms with Gasteiger partial charge < -0.3 is 10.4 Å². The zero-order valence-electron chi connectivity index (χ0n) is 12.6. The van der Waals surface area contributed by atoms with Crippen LogP contribution < -0.4 is 5.32 Å². The molecule has 1 aromatic rings. The van der Waals surface area contributed by atoms with E-state index in [1.165, 1.54) is 0 Å². The molecular formula is C15H17N3O3S2. The molecule has 23 heavy (non-hydrogen) atoms. The third kappa shape index (κ3) is 5.40. The molecular weight excluding hydrogens is 334 g/mol. The van der Waals surface area contributed by atoms with Crippen molar-refractivity contribution in [1.82, 2.24) is 5.32 Å². The Morgan fingerprint density at radius 2 is 2.26 bits per heavy atom. The van der Waals surface area contributed by atoms with Crippen molar-refractivity contribution in [2.24, 2.45) is 10.2 Å². The van der Waals surface area contributed by atoms with Crippen molar-refractivity contribution in [3.05, 3.63) is 29.8 Å². The molecule has 1 saturated heterocycles. The Hall–Kier alpha value is -1.80. The van der Waals surface area contributed by atoms with Gasteiger partial charge in [-0.1, -0.05) is 36.9 Å². The second-order valence-corrected chi connectivity index (χ2v) is 7.06. The number of carbonyl (C=O) groups excluding carboxylic acids is 1. The average molecular weight is 351 g/mol. The molecule has 1 aliphatic heterocycles. The van der Waals surface area contributed by atoms with E-state index in [0.29, 0.717) is 5.17 Å². The lowest BCUT2D eigenvalue weighted by atomic mass is 10.2. The van der Waals surface area contributed by atoms with Gasteiger partial charge in [0.2, 0.25) is 5.91 Å². The van der Waals surface area contributed by atoms with Crippen LogP contribution in [0.3, 0.4) is 0 Å². The molecule has 2 rings (SSSR count). The van der Waals surface area contributed by atoms with Gasteiger partial charge in [0.05, 0.1) is 12.6 Å². The number of amides is 1. The molecule has 1 fully saturated rings. The van der Waals surface area contributed by atoms with E-state index in [2.05, 4.69) is 22.4 Å². The molecule has 122 valence electrons. The highest BCUT2D eigenvalue weighted by molar-refractivity contribution is 8.15. The predicted octanol–water partition coefficient (Wildman–Crippen LogP) is 2.58. The van der Waals surface area contributed by atoms with Crippen molar-refractivity contribution < 1.29 is 14.7 Å². The number of hydrogen-bond acceptors (Lipinski definition) is 6. The minimum absolute atomic E-state index is 0.226. The molecule has 0 spiro atoms. The van der Waals surface area contributed by atoms with Crippen LogP contribution in [0.5, 0.6) is 0 Å². The van der Waals surface area contributed by atoms with Crippen molar-refractivity contribution in [3.8, 4) is 0 Å². The van der Waals surface area contributed by atoms with E-state index in [1.54, 1.807) is 18.0 Å². The van der Waals surface area contributed by atoms with E-state index < -0.39 is 11.2 Å². The Morgan fingerprint density at radius 1 is 1.48 bits per heavy atom. The molecule has 1 heterocycles. The molecule has 8 heteroatoms. The molecule has 1 aromatic carbocycles. The van der Waals surface area contributed by atoms with E-state index in [9.17, 15) is 9.59 Å². The molecule has 2 N–H and O–H groups in total. The smallest absolute Gasteiger partial charge is 0.305 e. The number of rotatable bonds is 7. The number of carbonyl (C=O) groups is 2. The molecule has 6 nitrogen and oxygen atoms in total. The number of nitrogens with one attached hydrogen (secondary N) is 1. The van der Waals surface area contributed by atoms with Gasteiger partial charge in [0, 0.05) is 10.5 Å². The molecule has 0 aliphatic carbocycles. The quantitative estimate of drug-likeness (QED) is 0.448. The SMILES string of the molecule is CCCSc1ccccc1C=NN=C1NC(=O)C(CC(=O)O)S1. The van der Waals surface area contributed by atoms with E-state index in [0.717, 1.165) is 34.4 Å². The Labute approximate surface area is 142 Å². The first-order valence-corrected chi connectivity index (χ1v) is 8.99. The minimum atomic E-state index is -1.01. The first kappa shape index (κ1) is 17.6. The van der Waals surface area contributed by atoms with Crippen LogP contribution in [0.4, 0.5) is 0 Å². The summed E-state index contributed by atoms with van der Waals surface area (Å²) in [6.07, 6.45) is 2.50. The monoisotopic (exact) mass is 351 g/mol. The maximum absolute atomic E-state index is 11.6. The molecule has 0 radical (unpaired) electrons. The molecule has 1 unspecified atom stereocenters. The minimum Gasteiger partial charge on any atom is -0.481 e. The van der Waals surface area contributed by atoms with Crippen molar-refractivity contribution in [1.29, 1.82) is 0 Å². The van der Waals surface area contributed by atoms with Crippen molar-refractivity contribution in [2.45, 2.75) is 29.9 Å². The van der Waals surface area contributed by atoms with Gasteiger partial charge in [-0.15, -0.1) is 16.9 Å². The Balaban J connectivity index is 2.01. The topological polar surface area (TPSA) is 91.1 Å². The number of nitrogens with zero attached hydrogens (tertiary/aromatic N) is 2. The van der Waals surface area contributed by atoms with Gasteiger partial charge in [0.25, 0.3) is 0 Å². The Kier molecular flexibility index (Phi) is 6.66. The first-order valence-electron chi connectivity index (χ1n) is 7.12. The number of carboxylic acid groups (broad SMARTS) is 1. The molecule has 0 aromatic heterocycles. The largest absolute Gasteiger partial charge is 0.481 e. The van der Waals surface area contributed by atoms with Crippen LogP contribution in [0.2, 0.25) is 0 Å². The summed E-state index contributed by atoms with van der Waals surface area (Å²) in [5, 5.41) is 18.9. The fourth-order valence-corrected chi connectivity index (χ4v) is 3.62. The summed E-state index contributed by atoms with van der Waals surface area (Å²) >= 11 is 2.85. The lowest BCUT2D eigenvalue weighted by Gasteiger charge is -2.03. The zero-order valence-corrected chi connectivity index (χ0v) is 14.2. The number of aliphatic carboxylic acids is 1. The standard InChI is InChI=1S/C15H17N3O3S2/c1-2-7-22-11-6-4-3-5-10(11)9-16-18-15-17-14(21)12(23-15)8-13(19)20/h3-6,9,12H,2,7-8H2,1H3,(H,19,20)(H,17,18,21). The van der Waals surface area contributed by atoms with Gasteiger partial charge in [0.15, 0.2) is 5.17 Å². The van der Waals surface area contributed by atoms with Crippen molar-refractivity contribution in [2.75, 3.05) is 5.75 Å². The second-order valence-electron chi connectivity index (χ2n) is 4.73. The van der Waals surface area contributed by atoms with Crippen LogP contribution >= 0.6 is 23.5 Å². The van der Waals surface area contributed by atoms with E-state index in [4.69, 9.17) is 5.11 Å². The van der Waals surface area contributed by atoms with Gasteiger partial charge in [-0.2, -0.15) is 5.10 Å². The van der Waals surface area contributed by atoms with E-state index in [-0.39, 0.29) is 12.3 Å². The van der Waals surface area contributed by atoms with Crippen LogP contribution in [-0.2, 0) is 9.59 Å². The molecule has 0 saturated carbocycles. The number of amidine groups is 1. The fourth-order valence-electron chi connectivity index (χ4n) is 1.82. The van der Waals surface area contributed by atoms with Crippen molar-refractivity contribution >= 4 is 46.8 Å². The highest BCUT2D eigenvalue weighted by Crippen LogP contribution is 2.23. The van der Waals surface area contributed by atoms with Crippen molar-refractivity contribution in [3.63, 3.8) is 0 Å². The first-order chi connectivity index (χ1) is 11.1. The summed E-state index contributed by atoms with van der Waals surface area (Å²) in [4.78, 5) is 23.4. The van der Waals surface area contributed by atoms with Crippen LogP contribution in [0.25, 0.3) is 0 Å². The van der Waals surface area contributed by atoms with Crippen LogP contribution in [0, 0.1) is 0 Å². The van der Waals surface area contributed by atoms with E-state index >= 15 is 0 Å². The maximum atomic E-state index is 11.6. The van der Waals surface area contributed by atoms with Crippen LogP contribution in [0.15, 0.2) is 39.4 Å². The third-order valence-electron chi connectivity index (χ3n) is 2.86. The molecule has 1 aliphatic rings. The summed E-state index contributed by atoms with van der Waals surface area (Å²) in [6, 6.07) is 7.89. The number of thioether (sulfide) groups is 2. The summed E-state index contributed by atoms with van der Waals surface area (Å²) < 4.78 is 0.